The predicted octanol–water partition coefficient (Wildman–Crippen LogP) is -0.583. The molecule has 0 aliphatic rings. The molecule has 0 aromatic heterocycles. The number of hydrogen-bond donors (Lipinski definition) is 3. The third-order valence-electron chi connectivity index (χ3n) is 2.38. The minimum Gasteiger partial charge on any atom is -0.481 e. The summed E-state index contributed by atoms with van der Waals surface area (Å²) < 4.78 is 4.44. The van der Waals surface area contributed by atoms with Gasteiger partial charge in [-0.1, -0.05) is 0 Å². The largest absolute Gasteiger partial charge is 0.481 e. The number of aliphatic hydroxyl groups is 1. The molecule has 0 radical (unpaired) electrons. The number of carbonyl (C=O) groups is 3. The fourth-order valence-corrected chi connectivity index (χ4v) is 1.25. The van der Waals surface area contributed by atoms with Crippen LogP contribution in [0.5, 0.6) is 0 Å². The number of hydrogen-bond acceptors (Lipinski definition) is 5. The average molecular weight is 276 g/mol. The number of nitrogens with one attached hydrogen (secondary N) is 1. The van der Waals surface area contributed by atoms with Gasteiger partial charge in [0.05, 0.1) is 25.6 Å². The molecule has 0 fully saturated rings. The summed E-state index contributed by atoms with van der Waals surface area (Å²) >= 11 is 0. The van der Waals surface area contributed by atoms with Crippen LogP contribution in [0, 0.1) is 0 Å². The Balaban J connectivity index is 4.09. The fourth-order valence-electron chi connectivity index (χ4n) is 1.25. The summed E-state index contributed by atoms with van der Waals surface area (Å²) in [6.45, 7) is 1.29. The lowest BCUT2D eigenvalue weighted by molar-refractivity contribution is -0.142. The van der Waals surface area contributed by atoms with Crippen LogP contribution in [0.2, 0.25) is 0 Å². The van der Waals surface area contributed by atoms with Crippen LogP contribution >= 0.6 is 0 Å². The van der Waals surface area contributed by atoms with Crippen molar-refractivity contribution in [1.82, 2.24) is 10.2 Å². The molecule has 110 valence electrons. The Kier molecular flexibility index (Phi) is 6.84. The van der Waals surface area contributed by atoms with Gasteiger partial charge in [0.15, 0.2) is 0 Å². The van der Waals surface area contributed by atoms with Crippen LogP contribution in [-0.2, 0) is 14.3 Å². The number of amides is 2. The Morgan fingerprint density at radius 2 is 1.95 bits per heavy atom. The van der Waals surface area contributed by atoms with Crippen LogP contribution in [-0.4, -0.2) is 65.9 Å². The first kappa shape index (κ1) is 17.2. The van der Waals surface area contributed by atoms with Crippen molar-refractivity contribution in [2.75, 3.05) is 27.2 Å². The lowest BCUT2D eigenvalue weighted by atomic mass is 10.0. The molecule has 0 saturated heterocycles. The van der Waals surface area contributed by atoms with E-state index >= 15 is 0 Å². The fraction of sp³-hybridized carbons (Fsp3) is 0.727. The Hall–Kier alpha value is -1.83. The van der Waals surface area contributed by atoms with E-state index in [-0.39, 0.29) is 19.5 Å². The molecule has 19 heavy (non-hydrogen) atoms. The Labute approximate surface area is 111 Å². The maximum atomic E-state index is 11.6. The van der Waals surface area contributed by atoms with Crippen LogP contribution in [0.1, 0.15) is 19.8 Å². The van der Waals surface area contributed by atoms with E-state index < -0.39 is 30.0 Å². The summed E-state index contributed by atoms with van der Waals surface area (Å²) in [4.78, 5) is 34.2. The van der Waals surface area contributed by atoms with Gasteiger partial charge in [-0.2, -0.15) is 0 Å². The second-order valence-corrected chi connectivity index (χ2v) is 4.47. The lowest BCUT2D eigenvalue weighted by Gasteiger charge is -2.24. The van der Waals surface area contributed by atoms with Gasteiger partial charge in [-0.3, -0.25) is 9.59 Å². The summed E-state index contributed by atoms with van der Waals surface area (Å²) in [7, 11) is 2.73. The molecule has 0 heterocycles. The van der Waals surface area contributed by atoms with Crippen molar-refractivity contribution in [2.45, 2.75) is 25.4 Å². The van der Waals surface area contributed by atoms with E-state index in [0.717, 1.165) is 0 Å². The first-order valence-corrected chi connectivity index (χ1v) is 5.68. The van der Waals surface area contributed by atoms with Gasteiger partial charge in [-0.05, 0) is 6.92 Å². The second kappa shape index (κ2) is 7.57. The summed E-state index contributed by atoms with van der Waals surface area (Å²) in [6.07, 6.45) is -0.412. The molecule has 1 atom stereocenters. The topological polar surface area (TPSA) is 116 Å². The van der Waals surface area contributed by atoms with Crippen LogP contribution in [0.3, 0.4) is 0 Å². The normalized spacial score (nSPS) is 13.3. The monoisotopic (exact) mass is 276 g/mol. The highest BCUT2D eigenvalue weighted by Gasteiger charge is 2.25. The van der Waals surface area contributed by atoms with Gasteiger partial charge >= 0.3 is 18.0 Å². The first-order valence-electron chi connectivity index (χ1n) is 5.68. The van der Waals surface area contributed by atoms with Gasteiger partial charge in [0.25, 0.3) is 0 Å². The summed E-state index contributed by atoms with van der Waals surface area (Å²) in [5, 5.41) is 20.6. The molecule has 1 unspecified atom stereocenters. The van der Waals surface area contributed by atoms with Crippen LogP contribution in [0.4, 0.5) is 4.79 Å². The minimum atomic E-state index is -1.52. The minimum absolute atomic E-state index is 0.0614. The molecule has 8 heteroatoms. The smallest absolute Gasteiger partial charge is 0.317 e. The molecule has 2 amide bonds. The second-order valence-electron chi connectivity index (χ2n) is 4.47. The zero-order valence-corrected chi connectivity index (χ0v) is 11.3. The molecule has 8 nitrogen and oxygen atoms in total. The Bertz CT molecular complexity index is 342. The van der Waals surface area contributed by atoms with Crippen molar-refractivity contribution in [3.63, 3.8) is 0 Å². The lowest BCUT2D eigenvalue weighted by Crippen LogP contribution is -2.46. The van der Waals surface area contributed by atoms with Gasteiger partial charge in [0.2, 0.25) is 0 Å². The maximum Gasteiger partial charge on any atom is 0.317 e. The van der Waals surface area contributed by atoms with Crippen LogP contribution in [0.25, 0.3) is 0 Å². The van der Waals surface area contributed by atoms with E-state index in [2.05, 4.69) is 10.1 Å². The van der Waals surface area contributed by atoms with Gasteiger partial charge in [0.1, 0.15) is 0 Å². The van der Waals surface area contributed by atoms with Crippen LogP contribution < -0.4 is 5.32 Å². The number of ether oxygens (including phenoxy) is 1. The number of urea groups is 1. The number of carbonyl (C=O) groups excluding carboxylic acids is 2. The summed E-state index contributed by atoms with van der Waals surface area (Å²) in [6, 6.07) is -0.505. The standard InChI is InChI=1S/C11H20N2O6/c1-11(18,6-8(14)15)7-12-10(17)13(2)5-4-9(16)19-3/h18H,4-7H2,1-3H3,(H,12,17)(H,14,15). The number of rotatable bonds is 7. The number of methoxy groups -OCH3 is 1. The van der Waals surface area contributed by atoms with Gasteiger partial charge in [-0.25, -0.2) is 4.79 Å². The van der Waals surface area contributed by atoms with E-state index in [1.54, 1.807) is 0 Å². The molecular weight excluding hydrogens is 256 g/mol. The van der Waals surface area contributed by atoms with Crippen molar-refractivity contribution in [3.8, 4) is 0 Å². The van der Waals surface area contributed by atoms with Gasteiger partial charge in [0, 0.05) is 20.1 Å². The number of aliphatic carboxylic acids is 1. The number of carboxylic acids is 1. The predicted molar refractivity (Wildman–Crippen MR) is 65.5 cm³/mol. The third-order valence-corrected chi connectivity index (χ3v) is 2.38. The van der Waals surface area contributed by atoms with E-state index in [1.165, 1.54) is 26.0 Å². The molecule has 0 aromatic carbocycles. The highest BCUT2D eigenvalue weighted by molar-refractivity contribution is 5.75. The van der Waals surface area contributed by atoms with Crippen molar-refractivity contribution in [2.24, 2.45) is 0 Å². The van der Waals surface area contributed by atoms with Crippen molar-refractivity contribution >= 4 is 18.0 Å². The highest BCUT2D eigenvalue weighted by Crippen LogP contribution is 2.07. The van der Waals surface area contributed by atoms with E-state index in [1.807, 2.05) is 0 Å². The zero-order chi connectivity index (χ0) is 15.1. The van der Waals surface area contributed by atoms with Crippen molar-refractivity contribution in [1.29, 1.82) is 0 Å². The quantitative estimate of drug-likeness (QED) is 0.535. The van der Waals surface area contributed by atoms with Gasteiger partial charge in [-0.15, -0.1) is 0 Å². The van der Waals surface area contributed by atoms with Crippen LogP contribution in [0.15, 0.2) is 0 Å². The molecule has 0 aromatic rings. The Morgan fingerprint density at radius 1 is 1.37 bits per heavy atom. The van der Waals surface area contributed by atoms with E-state index in [4.69, 9.17) is 5.11 Å². The number of nitrogens with zero attached hydrogens (tertiary/aromatic N) is 1. The number of esters is 1. The summed E-state index contributed by atoms with van der Waals surface area (Å²) in [5.41, 5.74) is -1.52. The van der Waals surface area contributed by atoms with Gasteiger partial charge < -0.3 is 25.2 Å². The van der Waals surface area contributed by atoms with Crippen molar-refractivity contribution < 1.29 is 29.3 Å². The van der Waals surface area contributed by atoms with Crippen molar-refractivity contribution in [3.05, 3.63) is 0 Å². The highest BCUT2D eigenvalue weighted by atomic mass is 16.5. The third kappa shape index (κ3) is 7.98. The number of carboxylic acid groups (broad SMARTS) is 1. The zero-order valence-electron chi connectivity index (χ0n) is 11.3. The van der Waals surface area contributed by atoms with E-state index in [9.17, 15) is 19.5 Å². The first-order chi connectivity index (χ1) is 8.68. The molecule has 0 aliphatic carbocycles. The molecule has 0 spiro atoms. The Morgan fingerprint density at radius 3 is 2.42 bits per heavy atom. The molecule has 3 N–H and O–H groups in total. The molecule has 0 bridgehead atoms. The molecule has 0 aliphatic heterocycles. The maximum absolute atomic E-state index is 11.6. The summed E-state index contributed by atoms with van der Waals surface area (Å²) in [5.74, 6) is -1.59. The molecule has 0 saturated carbocycles. The SMILES string of the molecule is COC(=O)CCN(C)C(=O)NCC(C)(O)CC(=O)O. The molecule has 0 rings (SSSR count). The average Bonchev–Trinajstić information content (AvgIpc) is 2.30. The van der Waals surface area contributed by atoms with E-state index in [0.29, 0.717) is 0 Å². The molecular formula is C11H20N2O6.